The van der Waals surface area contributed by atoms with Gasteiger partial charge in [0.2, 0.25) is 0 Å². The molecular weight excluding hydrogens is 166 g/mol. The normalized spacial score (nSPS) is 16.2. The molecule has 0 radical (unpaired) electrons. The SMILES string of the molecule is CCN(c1nc(CN)co1)C1CC1. The van der Waals surface area contributed by atoms with Crippen LogP contribution in [0, 0.1) is 0 Å². The van der Waals surface area contributed by atoms with Crippen LogP contribution in [0.15, 0.2) is 10.7 Å². The minimum absolute atomic E-state index is 0.450. The molecule has 13 heavy (non-hydrogen) atoms. The van der Waals surface area contributed by atoms with Gasteiger partial charge < -0.3 is 15.1 Å². The van der Waals surface area contributed by atoms with Gasteiger partial charge in [0.25, 0.3) is 6.01 Å². The van der Waals surface area contributed by atoms with Crippen LogP contribution in [0.2, 0.25) is 0 Å². The van der Waals surface area contributed by atoms with E-state index in [-0.39, 0.29) is 0 Å². The second-order valence-electron chi connectivity index (χ2n) is 3.34. The number of hydrogen-bond donors (Lipinski definition) is 1. The first kappa shape index (κ1) is 8.56. The molecule has 0 aliphatic heterocycles. The van der Waals surface area contributed by atoms with Crippen molar-refractivity contribution in [3.05, 3.63) is 12.0 Å². The summed E-state index contributed by atoms with van der Waals surface area (Å²) in [4.78, 5) is 6.49. The van der Waals surface area contributed by atoms with Gasteiger partial charge in [-0.25, -0.2) is 0 Å². The molecular formula is C9H15N3O. The molecule has 0 saturated heterocycles. The lowest BCUT2D eigenvalue weighted by Gasteiger charge is -2.16. The monoisotopic (exact) mass is 181 g/mol. The highest BCUT2D eigenvalue weighted by Crippen LogP contribution is 2.30. The van der Waals surface area contributed by atoms with E-state index in [4.69, 9.17) is 10.2 Å². The van der Waals surface area contributed by atoms with Crippen molar-refractivity contribution in [2.45, 2.75) is 32.4 Å². The van der Waals surface area contributed by atoms with Crippen LogP contribution in [-0.4, -0.2) is 17.6 Å². The second-order valence-corrected chi connectivity index (χ2v) is 3.34. The van der Waals surface area contributed by atoms with E-state index in [9.17, 15) is 0 Å². The molecule has 0 spiro atoms. The molecule has 0 aromatic carbocycles. The van der Waals surface area contributed by atoms with Gasteiger partial charge in [-0.15, -0.1) is 0 Å². The van der Waals surface area contributed by atoms with E-state index in [0.717, 1.165) is 18.3 Å². The van der Waals surface area contributed by atoms with Gasteiger partial charge in [-0.2, -0.15) is 4.98 Å². The fraction of sp³-hybridized carbons (Fsp3) is 0.667. The second kappa shape index (κ2) is 3.38. The van der Waals surface area contributed by atoms with Crippen molar-refractivity contribution in [3.8, 4) is 0 Å². The topological polar surface area (TPSA) is 55.3 Å². The lowest BCUT2D eigenvalue weighted by atomic mass is 10.5. The van der Waals surface area contributed by atoms with Crippen LogP contribution in [-0.2, 0) is 6.54 Å². The van der Waals surface area contributed by atoms with Crippen LogP contribution < -0.4 is 10.6 Å². The van der Waals surface area contributed by atoms with Gasteiger partial charge in [0.15, 0.2) is 0 Å². The molecule has 1 aromatic rings. The molecule has 1 fully saturated rings. The molecule has 2 N–H and O–H groups in total. The lowest BCUT2D eigenvalue weighted by molar-refractivity contribution is 0.533. The number of aromatic nitrogens is 1. The van der Waals surface area contributed by atoms with Gasteiger partial charge in [-0.1, -0.05) is 0 Å². The van der Waals surface area contributed by atoms with Crippen LogP contribution in [0.4, 0.5) is 6.01 Å². The van der Waals surface area contributed by atoms with Gasteiger partial charge in [0.05, 0.1) is 5.69 Å². The Bertz CT molecular complexity index is 280. The lowest BCUT2D eigenvalue weighted by Crippen LogP contribution is -2.25. The minimum Gasteiger partial charge on any atom is -0.432 e. The van der Waals surface area contributed by atoms with E-state index in [0.29, 0.717) is 12.6 Å². The summed E-state index contributed by atoms with van der Waals surface area (Å²) in [5.74, 6) is 0. The Labute approximate surface area is 77.7 Å². The van der Waals surface area contributed by atoms with Crippen molar-refractivity contribution < 1.29 is 4.42 Å². The predicted molar refractivity (Wildman–Crippen MR) is 50.4 cm³/mol. The van der Waals surface area contributed by atoms with Gasteiger partial charge in [0, 0.05) is 19.1 Å². The molecule has 1 aliphatic carbocycles. The maximum absolute atomic E-state index is 5.46. The Hall–Kier alpha value is -1.03. The molecule has 1 saturated carbocycles. The third-order valence-corrected chi connectivity index (χ3v) is 2.32. The minimum atomic E-state index is 0.450. The maximum atomic E-state index is 5.46. The summed E-state index contributed by atoms with van der Waals surface area (Å²) < 4.78 is 5.34. The van der Waals surface area contributed by atoms with Crippen molar-refractivity contribution >= 4 is 6.01 Å². The molecule has 0 atom stereocenters. The highest BCUT2D eigenvalue weighted by Gasteiger charge is 2.30. The zero-order valence-corrected chi connectivity index (χ0v) is 7.86. The number of hydrogen-bond acceptors (Lipinski definition) is 4. The predicted octanol–water partition coefficient (Wildman–Crippen LogP) is 1.12. The van der Waals surface area contributed by atoms with E-state index in [1.54, 1.807) is 6.26 Å². The summed E-state index contributed by atoms with van der Waals surface area (Å²) in [6.45, 7) is 3.52. The smallest absolute Gasteiger partial charge is 0.297 e. The zero-order chi connectivity index (χ0) is 9.26. The van der Waals surface area contributed by atoms with Crippen molar-refractivity contribution in [1.29, 1.82) is 0 Å². The number of anilines is 1. The Morgan fingerprint density at radius 2 is 2.46 bits per heavy atom. The maximum Gasteiger partial charge on any atom is 0.297 e. The van der Waals surface area contributed by atoms with Crippen LogP contribution in [0.25, 0.3) is 0 Å². The third kappa shape index (κ3) is 1.67. The largest absolute Gasteiger partial charge is 0.432 e. The molecule has 1 heterocycles. The summed E-state index contributed by atoms with van der Waals surface area (Å²) in [6.07, 6.45) is 4.16. The van der Waals surface area contributed by atoms with Crippen molar-refractivity contribution in [1.82, 2.24) is 4.98 Å². The average Bonchev–Trinajstić information content (AvgIpc) is 2.85. The van der Waals surface area contributed by atoms with Crippen LogP contribution in [0.3, 0.4) is 0 Å². The van der Waals surface area contributed by atoms with Crippen LogP contribution in [0.5, 0.6) is 0 Å². The first-order chi connectivity index (χ1) is 6.35. The number of rotatable bonds is 4. The van der Waals surface area contributed by atoms with Gasteiger partial charge >= 0.3 is 0 Å². The molecule has 4 nitrogen and oxygen atoms in total. The summed E-state index contributed by atoms with van der Waals surface area (Å²) in [7, 11) is 0. The van der Waals surface area contributed by atoms with Gasteiger partial charge in [-0.3, -0.25) is 0 Å². The molecule has 4 heteroatoms. The number of nitrogens with two attached hydrogens (primary N) is 1. The van der Waals surface area contributed by atoms with Crippen LogP contribution >= 0.6 is 0 Å². The quantitative estimate of drug-likeness (QED) is 0.756. The van der Waals surface area contributed by atoms with E-state index in [1.165, 1.54) is 12.8 Å². The molecule has 0 amide bonds. The average molecular weight is 181 g/mol. The summed E-state index contributed by atoms with van der Waals surface area (Å²) in [5.41, 5.74) is 6.28. The first-order valence-corrected chi connectivity index (χ1v) is 4.76. The van der Waals surface area contributed by atoms with Crippen molar-refractivity contribution in [3.63, 3.8) is 0 Å². The molecule has 2 rings (SSSR count). The molecule has 1 aromatic heterocycles. The van der Waals surface area contributed by atoms with Gasteiger partial charge in [0.1, 0.15) is 6.26 Å². The Morgan fingerprint density at radius 1 is 1.69 bits per heavy atom. The molecule has 72 valence electrons. The highest BCUT2D eigenvalue weighted by molar-refractivity contribution is 5.31. The summed E-state index contributed by atoms with van der Waals surface area (Å²) in [5, 5.41) is 0. The number of oxazole rings is 1. The molecule has 0 bridgehead atoms. The Kier molecular flexibility index (Phi) is 2.22. The number of nitrogens with zero attached hydrogens (tertiary/aromatic N) is 2. The standard InChI is InChI=1S/C9H15N3O/c1-2-12(8-3-4-8)9-11-7(5-10)6-13-9/h6,8H,2-5,10H2,1H3. The van der Waals surface area contributed by atoms with E-state index in [1.807, 2.05) is 0 Å². The Morgan fingerprint density at radius 3 is 2.92 bits per heavy atom. The summed E-state index contributed by atoms with van der Waals surface area (Å²) in [6, 6.07) is 1.37. The van der Waals surface area contributed by atoms with Crippen molar-refractivity contribution in [2.75, 3.05) is 11.4 Å². The fourth-order valence-corrected chi connectivity index (χ4v) is 1.46. The first-order valence-electron chi connectivity index (χ1n) is 4.76. The van der Waals surface area contributed by atoms with Crippen LogP contribution in [0.1, 0.15) is 25.5 Å². The zero-order valence-electron chi connectivity index (χ0n) is 7.86. The van der Waals surface area contributed by atoms with E-state index < -0.39 is 0 Å². The van der Waals surface area contributed by atoms with E-state index in [2.05, 4.69) is 16.8 Å². The third-order valence-electron chi connectivity index (χ3n) is 2.32. The molecule has 0 unspecified atom stereocenters. The van der Waals surface area contributed by atoms with Gasteiger partial charge in [-0.05, 0) is 19.8 Å². The summed E-state index contributed by atoms with van der Waals surface area (Å²) >= 11 is 0. The van der Waals surface area contributed by atoms with E-state index >= 15 is 0 Å². The molecule has 1 aliphatic rings. The highest BCUT2D eigenvalue weighted by atomic mass is 16.4. The van der Waals surface area contributed by atoms with Crippen molar-refractivity contribution in [2.24, 2.45) is 5.73 Å². The fourth-order valence-electron chi connectivity index (χ4n) is 1.46. The Balaban J connectivity index is 2.12.